The standard InChI is InChI=1S/C21H25FN2O/c1-17-5-2-3-6-19(17)15-21(25)24-12-4-11-23(13-14-24)16-18-7-9-20(22)10-8-18/h2-3,5-10H,4,11-16H2,1H3. The highest BCUT2D eigenvalue weighted by Gasteiger charge is 2.19. The second-order valence-electron chi connectivity index (χ2n) is 6.74. The lowest BCUT2D eigenvalue weighted by atomic mass is 10.1. The maximum Gasteiger partial charge on any atom is 0.227 e. The minimum atomic E-state index is -0.201. The normalized spacial score (nSPS) is 15.8. The Balaban J connectivity index is 1.55. The van der Waals surface area contributed by atoms with Crippen LogP contribution in [0.1, 0.15) is 23.1 Å². The summed E-state index contributed by atoms with van der Waals surface area (Å²) >= 11 is 0. The van der Waals surface area contributed by atoms with E-state index in [1.165, 1.54) is 17.7 Å². The van der Waals surface area contributed by atoms with Crippen molar-refractivity contribution in [2.45, 2.75) is 26.3 Å². The zero-order valence-corrected chi connectivity index (χ0v) is 14.7. The summed E-state index contributed by atoms with van der Waals surface area (Å²) in [6, 6.07) is 14.8. The van der Waals surface area contributed by atoms with Crippen molar-refractivity contribution < 1.29 is 9.18 Å². The van der Waals surface area contributed by atoms with Gasteiger partial charge >= 0.3 is 0 Å². The Morgan fingerprint density at radius 2 is 1.76 bits per heavy atom. The lowest BCUT2D eigenvalue weighted by molar-refractivity contribution is -0.130. The van der Waals surface area contributed by atoms with Crippen LogP contribution in [0.3, 0.4) is 0 Å². The molecular formula is C21H25FN2O. The van der Waals surface area contributed by atoms with E-state index in [1.807, 2.05) is 35.2 Å². The van der Waals surface area contributed by atoms with Crippen LogP contribution in [-0.4, -0.2) is 41.9 Å². The highest BCUT2D eigenvalue weighted by Crippen LogP contribution is 2.13. The van der Waals surface area contributed by atoms with E-state index in [1.54, 1.807) is 0 Å². The number of rotatable bonds is 4. The highest BCUT2D eigenvalue weighted by atomic mass is 19.1. The van der Waals surface area contributed by atoms with Crippen molar-refractivity contribution >= 4 is 5.91 Å². The van der Waals surface area contributed by atoms with Gasteiger partial charge in [0.15, 0.2) is 0 Å². The number of nitrogens with zero attached hydrogens (tertiary/aromatic N) is 2. The molecule has 2 aromatic carbocycles. The van der Waals surface area contributed by atoms with Crippen molar-refractivity contribution in [1.29, 1.82) is 0 Å². The molecule has 4 heteroatoms. The van der Waals surface area contributed by atoms with E-state index in [2.05, 4.69) is 17.9 Å². The number of carbonyl (C=O) groups excluding carboxylic acids is 1. The van der Waals surface area contributed by atoms with Gasteiger partial charge in [-0.2, -0.15) is 0 Å². The third kappa shape index (κ3) is 4.89. The third-order valence-corrected chi connectivity index (χ3v) is 4.86. The van der Waals surface area contributed by atoms with Gasteiger partial charge < -0.3 is 4.90 Å². The van der Waals surface area contributed by atoms with E-state index in [9.17, 15) is 9.18 Å². The quantitative estimate of drug-likeness (QED) is 0.851. The monoisotopic (exact) mass is 340 g/mol. The van der Waals surface area contributed by atoms with Crippen LogP contribution in [0.2, 0.25) is 0 Å². The fourth-order valence-electron chi connectivity index (χ4n) is 3.31. The molecule has 1 heterocycles. The molecule has 132 valence electrons. The van der Waals surface area contributed by atoms with Gasteiger partial charge in [0.25, 0.3) is 0 Å². The summed E-state index contributed by atoms with van der Waals surface area (Å²) in [4.78, 5) is 17.0. The number of halogens is 1. The Morgan fingerprint density at radius 3 is 2.52 bits per heavy atom. The predicted octanol–water partition coefficient (Wildman–Crippen LogP) is 3.41. The fourth-order valence-corrected chi connectivity index (χ4v) is 3.31. The number of aryl methyl sites for hydroxylation is 1. The Hall–Kier alpha value is -2.20. The third-order valence-electron chi connectivity index (χ3n) is 4.86. The van der Waals surface area contributed by atoms with Crippen molar-refractivity contribution in [1.82, 2.24) is 9.80 Å². The first-order valence-corrected chi connectivity index (χ1v) is 8.91. The zero-order chi connectivity index (χ0) is 17.6. The average molecular weight is 340 g/mol. The molecule has 0 atom stereocenters. The van der Waals surface area contributed by atoms with Gasteiger partial charge in [-0.05, 0) is 42.2 Å². The van der Waals surface area contributed by atoms with E-state index in [0.717, 1.165) is 50.3 Å². The highest BCUT2D eigenvalue weighted by molar-refractivity contribution is 5.79. The van der Waals surface area contributed by atoms with Gasteiger partial charge in [-0.3, -0.25) is 9.69 Å². The van der Waals surface area contributed by atoms with Crippen molar-refractivity contribution in [3.8, 4) is 0 Å². The lowest BCUT2D eigenvalue weighted by Crippen LogP contribution is -2.36. The number of benzene rings is 2. The Labute approximate surface area is 149 Å². The summed E-state index contributed by atoms with van der Waals surface area (Å²) in [7, 11) is 0. The van der Waals surface area contributed by atoms with E-state index in [4.69, 9.17) is 0 Å². The summed E-state index contributed by atoms with van der Waals surface area (Å²) in [5.74, 6) is 0.00512. The second kappa shape index (κ2) is 8.26. The molecule has 1 saturated heterocycles. The van der Waals surface area contributed by atoms with E-state index in [0.29, 0.717) is 6.42 Å². The predicted molar refractivity (Wildman–Crippen MR) is 97.8 cm³/mol. The van der Waals surface area contributed by atoms with Gasteiger partial charge in [-0.1, -0.05) is 36.4 Å². The molecule has 0 bridgehead atoms. The van der Waals surface area contributed by atoms with Crippen molar-refractivity contribution in [3.63, 3.8) is 0 Å². The summed E-state index contributed by atoms with van der Waals surface area (Å²) in [5, 5.41) is 0. The van der Waals surface area contributed by atoms with Gasteiger partial charge in [-0.15, -0.1) is 0 Å². The van der Waals surface area contributed by atoms with Crippen molar-refractivity contribution in [2.75, 3.05) is 26.2 Å². The molecule has 0 aliphatic carbocycles. The number of hydrogen-bond acceptors (Lipinski definition) is 2. The molecule has 0 spiro atoms. The second-order valence-corrected chi connectivity index (χ2v) is 6.74. The Bertz CT molecular complexity index is 714. The molecule has 1 fully saturated rings. The van der Waals surface area contributed by atoms with Crippen LogP contribution in [0.4, 0.5) is 4.39 Å². The maximum absolute atomic E-state index is 13.0. The van der Waals surface area contributed by atoms with Crippen LogP contribution in [0.25, 0.3) is 0 Å². The van der Waals surface area contributed by atoms with E-state index >= 15 is 0 Å². The number of carbonyl (C=O) groups is 1. The van der Waals surface area contributed by atoms with Gasteiger partial charge in [0.2, 0.25) is 5.91 Å². The molecule has 25 heavy (non-hydrogen) atoms. The minimum Gasteiger partial charge on any atom is -0.341 e. The molecule has 0 saturated carbocycles. The fraction of sp³-hybridized carbons (Fsp3) is 0.381. The zero-order valence-electron chi connectivity index (χ0n) is 14.7. The smallest absolute Gasteiger partial charge is 0.227 e. The molecule has 0 aromatic heterocycles. The molecule has 3 rings (SSSR count). The molecule has 0 radical (unpaired) electrons. The van der Waals surface area contributed by atoms with Crippen LogP contribution < -0.4 is 0 Å². The van der Waals surface area contributed by atoms with Gasteiger partial charge in [0.1, 0.15) is 5.82 Å². The molecular weight excluding hydrogens is 315 g/mol. The van der Waals surface area contributed by atoms with Crippen molar-refractivity contribution in [2.24, 2.45) is 0 Å². The first-order chi connectivity index (χ1) is 12.1. The largest absolute Gasteiger partial charge is 0.341 e. The van der Waals surface area contributed by atoms with Crippen LogP contribution in [0.15, 0.2) is 48.5 Å². The molecule has 0 unspecified atom stereocenters. The first kappa shape index (κ1) is 17.6. The molecule has 1 aliphatic heterocycles. The molecule has 3 nitrogen and oxygen atoms in total. The van der Waals surface area contributed by atoms with Gasteiger partial charge in [-0.25, -0.2) is 4.39 Å². The topological polar surface area (TPSA) is 23.6 Å². The van der Waals surface area contributed by atoms with Crippen LogP contribution in [0.5, 0.6) is 0 Å². The van der Waals surface area contributed by atoms with Crippen LogP contribution >= 0.6 is 0 Å². The van der Waals surface area contributed by atoms with Gasteiger partial charge in [0.05, 0.1) is 6.42 Å². The summed E-state index contributed by atoms with van der Waals surface area (Å²) in [6.07, 6.45) is 1.45. The van der Waals surface area contributed by atoms with E-state index in [-0.39, 0.29) is 11.7 Å². The summed E-state index contributed by atoms with van der Waals surface area (Å²) in [5.41, 5.74) is 3.39. The molecule has 2 aromatic rings. The van der Waals surface area contributed by atoms with Crippen molar-refractivity contribution in [3.05, 3.63) is 71.0 Å². The lowest BCUT2D eigenvalue weighted by Gasteiger charge is -2.22. The molecule has 0 N–H and O–H groups in total. The maximum atomic E-state index is 13.0. The van der Waals surface area contributed by atoms with E-state index < -0.39 is 0 Å². The first-order valence-electron chi connectivity index (χ1n) is 8.91. The SMILES string of the molecule is Cc1ccccc1CC(=O)N1CCCN(Cc2ccc(F)cc2)CC1. The Morgan fingerprint density at radius 1 is 1.00 bits per heavy atom. The Kier molecular flexibility index (Phi) is 5.82. The summed E-state index contributed by atoms with van der Waals surface area (Å²) < 4.78 is 13.0. The van der Waals surface area contributed by atoms with Crippen LogP contribution in [-0.2, 0) is 17.8 Å². The number of amides is 1. The number of hydrogen-bond donors (Lipinski definition) is 0. The van der Waals surface area contributed by atoms with Crippen LogP contribution in [0, 0.1) is 12.7 Å². The van der Waals surface area contributed by atoms with Gasteiger partial charge in [0, 0.05) is 32.7 Å². The molecule has 1 amide bonds. The molecule has 1 aliphatic rings. The minimum absolute atomic E-state index is 0.201. The average Bonchev–Trinajstić information content (AvgIpc) is 2.85. The summed E-state index contributed by atoms with van der Waals surface area (Å²) in [6.45, 7) is 6.24.